The predicted molar refractivity (Wildman–Crippen MR) is 68.9 cm³/mol. The second-order valence-electron chi connectivity index (χ2n) is 3.45. The van der Waals surface area contributed by atoms with Gasteiger partial charge in [0.2, 0.25) is 0 Å². The van der Waals surface area contributed by atoms with E-state index in [1.165, 1.54) is 6.08 Å². The van der Waals surface area contributed by atoms with Gasteiger partial charge in [0.25, 0.3) is 0 Å². The first-order valence-electron chi connectivity index (χ1n) is 5.60. The fourth-order valence-corrected chi connectivity index (χ4v) is 2.18. The Morgan fingerprint density at radius 3 is 2.00 bits per heavy atom. The molecule has 0 radical (unpaired) electrons. The minimum Gasteiger partial charge on any atom is -0.465 e. The molecule has 0 spiro atoms. The maximum Gasteiger partial charge on any atom is 0.323 e. The van der Waals surface area contributed by atoms with Crippen LogP contribution in [0.15, 0.2) is 12.7 Å². The lowest BCUT2D eigenvalue weighted by molar-refractivity contribution is -0.172. The van der Waals surface area contributed by atoms with E-state index in [-0.39, 0.29) is 19.6 Å². The van der Waals surface area contributed by atoms with E-state index in [2.05, 4.69) is 22.5 Å². The standard InChI is InChI=1S/C12H19BrO4/c1-4-7-12(8-9-13,10(14)16-5-2)11(15)17-6-3/h4H,1,5-9H2,2-3H3. The fourth-order valence-electron chi connectivity index (χ4n) is 1.50. The van der Waals surface area contributed by atoms with E-state index in [0.717, 1.165) is 0 Å². The molecule has 0 saturated carbocycles. The molecule has 98 valence electrons. The average Bonchev–Trinajstić information content (AvgIpc) is 2.29. The van der Waals surface area contributed by atoms with Crippen molar-refractivity contribution in [3.63, 3.8) is 0 Å². The van der Waals surface area contributed by atoms with Crippen molar-refractivity contribution in [2.75, 3.05) is 18.5 Å². The van der Waals surface area contributed by atoms with Crippen molar-refractivity contribution in [1.29, 1.82) is 0 Å². The number of hydrogen-bond donors (Lipinski definition) is 0. The second kappa shape index (κ2) is 8.28. The zero-order chi connectivity index (χ0) is 13.3. The molecule has 0 aromatic heterocycles. The summed E-state index contributed by atoms with van der Waals surface area (Å²) in [4.78, 5) is 23.9. The number of esters is 2. The number of hydrogen-bond acceptors (Lipinski definition) is 4. The Morgan fingerprint density at radius 2 is 1.71 bits per heavy atom. The van der Waals surface area contributed by atoms with Crippen LogP contribution in [0.1, 0.15) is 26.7 Å². The highest BCUT2D eigenvalue weighted by atomic mass is 79.9. The van der Waals surface area contributed by atoms with Gasteiger partial charge < -0.3 is 9.47 Å². The minimum atomic E-state index is -1.27. The molecule has 0 N–H and O–H groups in total. The van der Waals surface area contributed by atoms with Crippen molar-refractivity contribution in [3.05, 3.63) is 12.7 Å². The lowest BCUT2D eigenvalue weighted by Gasteiger charge is -2.27. The average molecular weight is 307 g/mol. The Hall–Kier alpha value is -0.840. The van der Waals surface area contributed by atoms with Gasteiger partial charge in [-0.1, -0.05) is 22.0 Å². The first-order chi connectivity index (χ1) is 8.08. The smallest absolute Gasteiger partial charge is 0.323 e. The molecule has 0 aliphatic heterocycles. The van der Waals surface area contributed by atoms with Crippen molar-refractivity contribution < 1.29 is 19.1 Å². The third-order valence-electron chi connectivity index (χ3n) is 2.35. The second-order valence-corrected chi connectivity index (χ2v) is 4.25. The molecule has 0 amide bonds. The number of carbonyl (C=O) groups excluding carboxylic acids is 2. The van der Waals surface area contributed by atoms with Gasteiger partial charge >= 0.3 is 11.9 Å². The molecule has 0 aromatic carbocycles. The molecule has 0 rings (SSSR count). The summed E-state index contributed by atoms with van der Waals surface area (Å²) in [6.07, 6.45) is 2.09. The molecule has 0 aliphatic rings. The highest BCUT2D eigenvalue weighted by molar-refractivity contribution is 9.09. The van der Waals surface area contributed by atoms with E-state index < -0.39 is 17.4 Å². The Balaban J connectivity index is 5.16. The van der Waals surface area contributed by atoms with E-state index in [4.69, 9.17) is 9.47 Å². The zero-order valence-electron chi connectivity index (χ0n) is 10.3. The number of allylic oxidation sites excluding steroid dienone is 1. The SMILES string of the molecule is C=CCC(CCBr)(C(=O)OCC)C(=O)OCC. The summed E-state index contributed by atoms with van der Waals surface area (Å²) in [5.41, 5.74) is -1.27. The summed E-state index contributed by atoms with van der Waals surface area (Å²) in [5, 5.41) is 0.512. The van der Waals surface area contributed by atoms with Crippen LogP contribution in [0.3, 0.4) is 0 Å². The molecule has 0 aromatic rings. The summed E-state index contributed by atoms with van der Waals surface area (Å²) in [6.45, 7) is 7.46. The van der Waals surface area contributed by atoms with E-state index in [1.807, 2.05) is 0 Å². The normalized spacial score (nSPS) is 10.8. The molecular weight excluding hydrogens is 288 g/mol. The first-order valence-corrected chi connectivity index (χ1v) is 6.72. The molecule has 5 heteroatoms. The third kappa shape index (κ3) is 4.15. The number of alkyl halides is 1. The Labute approximate surface area is 110 Å². The summed E-state index contributed by atoms with van der Waals surface area (Å²) >= 11 is 3.24. The van der Waals surface area contributed by atoms with Gasteiger partial charge in [-0.2, -0.15) is 0 Å². The fraction of sp³-hybridized carbons (Fsp3) is 0.667. The van der Waals surface area contributed by atoms with Crippen LogP contribution in [0.25, 0.3) is 0 Å². The lowest BCUT2D eigenvalue weighted by Crippen LogP contribution is -2.42. The minimum absolute atomic E-state index is 0.219. The Kier molecular flexibility index (Phi) is 7.87. The van der Waals surface area contributed by atoms with Crippen LogP contribution in [0, 0.1) is 5.41 Å². The molecular formula is C12H19BrO4. The molecule has 0 unspecified atom stereocenters. The van der Waals surface area contributed by atoms with Crippen LogP contribution < -0.4 is 0 Å². The lowest BCUT2D eigenvalue weighted by atomic mass is 9.81. The highest BCUT2D eigenvalue weighted by Crippen LogP contribution is 2.31. The van der Waals surface area contributed by atoms with Gasteiger partial charge in [-0.05, 0) is 26.7 Å². The van der Waals surface area contributed by atoms with E-state index in [0.29, 0.717) is 11.8 Å². The van der Waals surface area contributed by atoms with Crippen molar-refractivity contribution in [3.8, 4) is 0 Å². The zero-order valence-corrected chi connectivity index (χ0v) is 11.9. The molecule has 0 fully saturated rings. The van der Waals surface area contributed by atoms with Crippen LogP contribution in [0.5, 0.6) is 0 Å². The number of ether oxygens (including phenoxy) is 2. The van der Waals surface area contributed by atoms with E-state index in [1.54, 1.807) is 13.8 Å². The predicted octanol–water partition coefficient (Wildman–Crippen LogP) is 2.46. The van der Waals surface area contributed by atoms with Gasteiger partial charge in [-0.25, -0.2) is 0 Å². The van der Waals surface area contributed by atoms with Crippen LogP contribution >= 0.6 is 15.9 Å². The third-order valence-corrected chi connectivity index (χ3v) is 2.74. The van der Waals surface area contributed by atoms with Gasteiger partial charge in [-0.15, -0.1) is 6.58 Å². The van der Waals surface area contributed by atoms with Crippen molar-refractivity contribution in [1.82, 2.24) is 0 Å². The number of rotatable bonds is 8. The van der Waals surface area contributed by atoms with E-state index in [9.17, 15) is 9.59 Å². The van der Waals surface area contributed by atoms with Crippen LogP contribution in [-0.4, -0.2) is 30.5 Å². The molecule has 0 saturated heterocycles. The maximum absolute atomic E-state index is 12.0. The van der Waals surface area contributed by atoms with Crippen molar-refractivity contribution >= 4 is 27.9 Å². The molecule has 17 heavy (non-hydrogen) atoms. The van der Waals surface area contributed by atoms with Gasteiger partial charge in [0.05, 0.1) is 13.2 Å². The summed E-state index contributed by atoms with van der Waals surface area (Å²) < 4.78 is 9.94. The molecule has 0 bridgehead atoms. The maximum atomic E-state index is 12.0. The molecule has 0 heterocycles. The van der Waals surface area contributed by atoms with Crippen molar-refractivity contribution in [2.24, 2.45) is 5.41 Å². The molecule has 4 nitrogen and oxygen atoms in total. The Bertz CT molecular complexity index is 258. The quantitative estimate of drug-likeness (QED) is 0.299. The van der Waals surface area contributed by atoms with Crippen LogP contribution in [-0.2, 0) is 19.1 Å². The summed E-state index contributed by atoms with van der Waals surface area (Å²) in [7, 11) is 0. The first kappa shape index (κ1) is 16.2. The monoisotopic (exact) mass is 306 g/mol. The van der Waals surface area contributed by atoms with E-state index >= 15 is 0 Å². The van der Waals surface area contributed by atoms with Gasteiger partial charge in [0.15, 0.2) is 5.41 Å². The van der Waals surface area contributed by atoms with Crippen LogP contribution in [0.4, 0.5) is 0 Å². The van der Waals surface area contributed by atoms with Gasteiger partial charge in [0.1, 0.15) is 0 Å². The largest absolute Gasteiger partial charge is 0.465 e. The number of halogens is 1. The number of carbonyl (C=O) groups is 2. The topological polar surface area (TPSA) is 52.6 Å². The highest BCUT2D eigenvalue weighted by Gasteiger charge is 2.47. The molecule has 0 atom stereocenters. The van der Waals surface area contributed by atoms with Gasteiger partial charge in [-0.3, -0.25) is 9.59 Å². The summed E-state index contributed by atoms with van der Waals surface area (Å²) in [5.74, 6) is -1.09. The van der Waals surface area contributed by atoms with Gasteiger partial charge in [0, 0.05) is 5.33 Å². The molecule has 0 aliphatic carbocycles. The van der Waals surface area contributed by atoms with Crippen molar-refractivity contribution in [2.45, 2.75) is 26.7 Å². The Morgan fingerprint density at radius 1 is 1.24 bits per heavy atom. The van der Waals surface area contributed by atoms with Crippen LogP contribution in [0.2, 0.25) is 0 Å². The summed E-state index contributed by atoms with van der Waals surface area (Å²) in [6, 6.07) is 0.